The van der Waals surface area contributed by atoms with E-state index in [0.717, 1.165) is 12.3 Å². The van der Waals surface area contributed by atoms with Gasteiger partial charge in [0.1, 0.15) is 11.7 Å². The zero-order valence-electron chi connectivity index (χ0n) is 15.3. The summed E-state index contributed by atoms with van der Waals surface area (Å²) in [6.45, 7) is 1.95. The number of hydrogen-bond acceptors (Lipinski definition) is 6. The first-order valence-corrected chi connectivity index (χ1v) is 9.02. The van der Waals surface area contributed by atoms with Crippen molar-refractivity contribution >= 4 is 17.0 Å². The van der Waals surface area contributed by atoms with Crippen molar-refractivity contribution in [2.45, 2.75) is 38.1 Å². The van der Waals surface area contributed by atoms with Crippen LogP contribution in [-0.4, -0.2) is 37.2 Å². The standard InChI is InChI=1S/C19H17F3N6O/c1-9(10-2-13(29)3-10)27-18-26-6-11(5-23)16(28-18)15-8-25-17-14(15)4-12(7-24-17)19(20,21)22/h4,6-10,13,29H,2-3H2,1H3,(H,24,25)(H,26,27,28). The Morgan fingerprint density at radius 3 is 2.72 bits per heavy atom. The number of fused-ring (bicyclic) bond motifs is 1. The van der Waals surface area contributed by atoms with Gasteiger partial charge < -0.3 is 15.4 Å². The van der Waals surface area contributed by atoms with E-state index in [0.29, 0.717) is 18.4 Å². The fraction of sp³-hybridized carbons (Fsp3) is 0.368. The van der Waals surface area contributed by atoms with Crippen molar-refractivity contribution in [3.05, 3.63) is 35.8 Å². The molecule has 3 heterocycles. The predicted molar refractivity (Wildman–Crippen MR) is 98.7 cm³/mol. The molecule has 0 amide bonds. The van der Waals surface area contributed by atoms with Crippen molar-refractivity contribution < 1.29 is 18.3 Å². The number of hydrogen-bond donors (Lipinski definition) is 3. The first kappa shape index (κ1) is 19.1. The molecule has 150 valence electrons. The number of nitriles is 1. The van der Waals surface area contributed by atoms with Gasteiger partial charge in [0.2, 0.25) is 5.95 Å². The van der Waals surface area contributed by atoms with Crippen LogP contribution in [0.25, 0.3) is 22.3 Å². The van der Waals surface area contributed by atoms with E-state index in [-0.39, 0.29) is 46.3 Å². The van der Waals surface area contributed by atoms with E-state index in [1.807, 2.05) is 13.0 Å². The van der Waals surface area contributed by atoms with Gasteiger partial charge in [-0.2, -0.15) is 18.4 Å². The molecule has 1 unspecified atom stereocenters. The van der Waals surface area contributed by atoms with Crippen molar-refractivity contribution in [1.29, 1.82) is 5.26 Å². The Labute approximate surface area is 163 Å². The Balaban J connectivity index is 1.73. The smallest absolute Gasteiger partial charge is 0.393 e. The molecule has 0 aliphatic heterocycles. The lowest BCUT2D eigenvalue weighted by Crippen LogP contribution is -2.39. The molecule has 1 fully saturated rings. The number of H-pyrrole nitrogens is 1. The van der Waals surface area contributed by atoms with Crippen molar-refractivity contribution in [3.8, 4) is 17.3 Å². The van der Waals surface area contributed by atoms with Gasteiger partial charge in [0.15, 0.2) is 0 Å². The quantitative estimate of drug-likeness (QED) is 0.616. The highest BCUT2D eigenvalue weighted by Gasteiger charge is 2.33. The summed E-state index contributed by atoms with van der Waals surface area (Å²) in [6.07, 6.45) is 0.133. The largest absolute Gasteiger partial charge is 0.417 e. The lowest BCUT2D eigenvalue weighted by Gasteiger charge is -2.36. The molecule has 3 N–H and O–H groups in total. The van der Waals surface area contributed by atoms with Gasteiger partial charge in [-0.05, 0) is 31.7 Å². The molecule has 0 bridgehead atoms. The summed E-state index contributed by atoms with van der Waals surface area (Å²) in [5.41, 5.74) is 0.0851. The highest BCUT2D eigenvalue weighted by molar-refractivity contribution is 5.94. The molecule has 0 spiro atoms. The summed E-state index contributed by atoms with van der Waals surface area (Å²) in [6, 6.07) is 2.97. The molecular weight excluding hydrogens is 385 g/mol. The maximum absolute atomic E-state index is 13.1. The fourth-order valence-electron chi connectivity index (χ4n) is 3.45. The SMILES string of the molecule is CC(Nc1ncc(C#N)c(-c2c[nH]c3ncc(C(F)(F)F)cc23)n1)C1CC(O)C1. The molecule has 1 aliphatic rings. The minimum atomic E-state index is -4.53. The molecule has 10 heteroatoms. The van der Waals surface area contributed by atoms with E-state index in [1.54, 1.807) is 0 Å². The van der Waals surface area contributed by atoms with Gasteiger partial charge >= 0.3 is 6.18 Å². The summed E-state index contributed by atoms with van der Waals surface area (Å²) in [7, 11) is 0. The van der Waals surface area contributed by atoms with Crippen LogP contribution in [0.15, 0.2) is 24.7 Å². The van der Waals surface area contributed by atoms with Gasteiger partial charge in [-0.15, -0.1) is 0 Å². The Kier molecular flexibility index (Phi) is 4.62. The van der Waals surface area contributed by atoms with Gasteiger partial charge in [-0.25, -0.2) is 15.0 Å². The number of aliphatic hydroxyl groups excluding tert-OH is 1. The molecule has 7 nitrogen and oxygen atoms in total. The molecule has 3 aromatic rings. The van der Waals surface area contributed by atoms with Crippen molar-refractivity contribution in [2.75, 3.05) is 5.32 Å². The van der Waals surface area contributed by atoms with Crippen molar-refractivity contribution in [2.24, 2.45) is 5.92 Å². The van der Waals surface area contributed by atoms with E-state index >= 15 is 0 Å². The van der Waals surface area contributed by atoms with E-state index in [9.17, 15) is 23.5 Å². The molecule has 1 atom stereocenters. The summed E-state index contributed by atoms with van der Waals surface area (Å²) >= 11 is 0. The fourth-order valence-corrected chi connectivity index (χ4v) is 3.45. The molecule has 1 saturated carbocycles. The molecule has 3 aromatic heterocycles. The highest BCUT2D eigenvalue weighted by atomic mass is 19.4. The van der Waals surface area contributed by atoms with E-state index < -0.39 is 11.7 Å². The number of aromatic amines is 1. The van der Waals surface area contributed by atoms with Crippen LogP contribution in [-0.2, 0) is 6.18 Å². The summed E-state index contributed by atoms with van der Waals surface area (Å²) in [5, 5.41) is 22.3. The zero-order valence-corrected chi connectivity index (χ0v) is 15.3. The number of alkyl halides is 3. The second kappa shape index (κ2) is 7.00. The van der Waals surface area contributed by atoms with Gasteiger partial charge in [-0.1, -0.05) is 0 Å². The van der Waals surface area contributed by atoms with Crippen LogP contribution >= 0.6 is 0 Å². The summed E-state index contributed by atoms with van der Waals surface area (Å²) in [4.78, 5) is 15.2. The van der Waals surface area contributed by atoms with E-state index in [2.05, 4.69) is 25.3 Å². The second-order valence-corrected chi connectivity index (χ2v) is 7.21. The third-order valence-corrected chi connectivity index (χ3v) is 5.24. The first-order valence-electron chi connectivity index (χ1n) is 9.02. The van der Waals surface area contributed by atoms with Gasteiger partial charge in [0.05, 0.1) is 29.1 Å². The van der Waals surface area contributed by atoms with Crippen LogP contribution in [0, 0.1) is 17.2 Å². The maximum atomic E-state index is 13.1. The number of aliphatic hydroxyl groups is 1. The average Bonchev–Trinajstić information content (AvgIpc) is 3.07. The Hall–Kier alpha value is -3.19. The summed E-state index contributed by atoms with van der Waals surface area (Å²) in [5.74, 6) is 0.543. The monoisotopic (exact) mass is 402 g/mol. The predicted octanol–water partition coefficient (Wildman–Crippen LogP) is 3.48. The second-order valence-electron chi connectivity index (χ2n) is 7.21. The van der Waals surface area contributed by atoms with Crippen molar-refractivity contribution in [1.82, 2.24) is 19.9 Å². The molecule has 0 aromatic carbocycles. The van der Waals surface area contributed by atoms with E-state index in [4.69, 9.17) is 0 Å². The molecule has 4 rings (SSSR count). The zero-order chi connectivity index (χ0) is 20.8. The van der Waals surface area contributed by atoms with Crippen LogP contribution in [0.4, 0.5) is 19.1 Å². The molecule has 0 radical (unpaired) electrons. The number of nitrogens with zero attached hydrogens (tertiary/aromatic N) is 4. The minimum absolute atomic E-state index is 0.000605. The Bertz CT molecular complexity index is 1100. The lowest BCUT2D eigenvalue weighted by molar-refractivity contribution is -0.137. The maximum Gasteiger partial charge on any atom is 0.417 e. The first-order chi connectivity index (χ1) is 13.8. The molecule has 1 aliphatic carbocycles. The summed E-state index contributed by atoms with van der Waals surface area (Å²) < 4.78 is 39.3. The average molecular weight is 402 g/mol. The van der Waals surface area contributed by atoms with Gasteiger partial charge in [0, 0.05) is 29.4 Å². The van der Waals surface area contributed by atoms with Gasteiger partial charge in [0.25, 0.3) is 0 Å². The number of halogens is 3. The van der Waals surface area contributed by atoms with Crippen LogP contribution in [0.5, 0.6) is 0 Å². The van der Waals surface area contributed by atoms with Crippen LogP contribution in [0.1, 0.15) is 30.9 Å². The molecule has 29 heavy (non-hydrogen) atoms. The van der Waals surface area contributed by atoms with Gasteiger partial charge in [-0.3, -0.25) is 0 Å². The topological polar surface area (TPSA) is 111 Å². The van der Waals surface area contributed by atoms with Crippen LogP contribution < -0.4 is 5.32 Å². The third-order valence-electron chi connectivity index (χ3n) is 5.24. The van der Waals surface area contributed by atoms with E-state index in [1.165, 1.54) is 12.4 Å². The number of pyridine rings is 1. The molecular formula is C19H17F3N6O. The number of aromatic nitrogens is 4. The Morgan fingerprint density at radius 1 is 1.31 bits per heavy atom. The highest BCUT2D eigenvalue weighted by Crippen LogP contribution is 2.35. The van der Waals surface area contributed by atoms with Crippen LogP contribution in [0.2, 0.25) is 0 Å². The third kappa shape index (κ3) is 3.61. The lowest BCUT2D eigenvalue weighted by atomic mass is 9.78. The van der Waals surface area contributed by atoms with Crippen molar-refractivity contribution in [3.63, 3.8) is 0 Å². The van der Waals surface area contributed by atoms with Crippen LogP contribution in [0.3, 0.4) is 0 Å². The number of rotatable bonds is 4. The number of anilines is 1. The minimum Gasteiger partial charge on any atom is -0.393 e. The molecule has 0 saturated heterocycles. The number of nitrogens with one attached hydrogen (secondary N) is 2. The Morgan fingerprint density at radius 2 is 2.07 bits per heavy atom. The normalized spacial score (nSPS) is 20.1.